The Hall–Kier alpha value is -0.830. The van der Waals surface area contributed by atoms with Crippen molar-refractivity contribution in [2.24, 2.45) is 11.8 Å². The summed E-state index contributed by atoms with van der Waals surface area (Å²) in [6.07, 6.45) is 5.13. The van der Waals surface area contributed by atoms with E-state index in [0.717, 1.165) is 17.6 Å². The van der Waals surface area contributed by atoms with Gasteiger partial charge in [0.1, 0.15) is 5.75 Å². The van der Waals surface area contributed by atoms with E-state index >= 15 is 0 Å². The van der Waals surface area contributed by atoms with Crippen LogP contribution in [0, 0.1) is 11.8 Å². The molecule has 2 aliphatic carbocycles. The van der Waals surface area contributed by atoms with E-state index in [1.54, 1.807) is 0 Å². The molecular weight excluding hydrogens is 299 g/mol. The molecule has 0 heterocycles. The molecule has 1 N–H and O–H groups in total. The van der Waals surface area contributed by atoms with Crippen LogP contribution in [0.1, 0.15) is 62.5 Å². The molecule has 22 heavy (non-hydrogen) atoms. The predicted molar refractivity (Wildman–Crippen MR) is 86.5 cm³/mol. The van der Waals surface area contributed by atoms with Crippen LogP contribution in [0.2, 0.25) is 0 Å². The molecule has 0 aliphatic heterocycles. The first-order chi connectivity index (χ1) is 10.6. The second-order valence-electron chi connectivity index (χ2n) is 6.69. The van der Waals surface area contributed by atoms with Gasteiger partial charge in [0.2, 0.25) is 0 Å². The summed E-state index contributed by atoms with van der Waals surface area (Å²) < 4.78 is 21.3. The van der Waals surface area contributed by atoms with E-state index in [0.29, 0.717) is 11.8 Å². The standard InChI is InChI=1S/C17H25O4P/c1-11(13-6-7-13)15-4-3-5-16(12(2)14-8-9-14)17(15)20-10-21-22(18)19/h3-5,11-14,22H,6-10H2,1-2H3,(H,18,19)/t11-,12-/m0/s1. The van der Waals surface area contributed by atoms with Crippen molar-refractivity contribution < 1.29 is 18.7 Å². The highest BCUT2D eigenvalue weighted by molar-refractivity contribution is 7.32. The minimum absolute atomic E-state index is 0.160. The Morgan fingerprint density at radius 1 is 1.14 bits per heavy atom. The lowest BCUT2D eigenvalue weighted by atomic mass is 9.88. The topological polar surface area (TPSA) is 55.8 Å². The zero-order chi connectivity index (χ0) is 15.7. The molecule has 5 heteroatoms. The van der Waals surface area contributed by atoms with Crippen molar-refractivity contribution in [3.63, 3.8) is 0 Å². The van der Waals surface area contributed by atoms with Gasteiger partial charge in [0.15, 0.2) is 6.79 Å². The summed E-state index contributed by atoms with van der Waals surface area (Å²) in [4.78, 5) is 8.83. The highest BCUT2D eigenvalue weighted by Crippen LogP contribution is 2.49. The summed E-state index contributed by atoms with van der Waals surface area (Å²) in [5.41, 5.74) is 2.43. The van der Waals surface area contributed by atoms with Crippen LogP contribution in [-0.2, 0) is 9.09 Å². The van der Waals surface area contributed by atoms with E-state index in [1.165, 1.54) is 36.8 Å². The number of hydrogen-bond donors (Lipinski definition) is 1. The molecule has 0 radical (unpaired) electrons. The summed E-state index contributed by atoms with van der Waals surface area (Å²) in [6, 6.07) is 6.37. The molecule has 0 bridgehead atoms. The predicted octanol–water partition coefficient (Wildman–Crippen LogP) is 4.45. The highest BCUT2D eigenvalue weighted by Gasteiger charge is 2.34. The maximum atomic E-state index is 10.7. The monoisotopic (exact) mass is 324 g/mol. The van der Waals surface area contributed by atoms with Crippen molar-refractivity contribution in [2.75, 3.05) is 6.79 Å². The molecule has 122 valence electrons. The highest BCUT2D eigenvalue weighted by atomic mass is 31.1. The fourth-order valence-electron chi connectivity index (χ4n) is 3.30. The van der Waals surface area contributed by atoms with Gasteiger partial charge in [0.25, 0.3) is 0 Å². The summed E-state index contributed by atoms with van der Waals surface area (Å²) >= 11 is 0. The van der Waals surface area contributed by atoms with Crippen molar-refractivity contribution >= 4 is 8.25 Å². The van der Waals surface area contributed by atoms with Gasteiger partial charge in [0.05, 0.1) is 0 Å². The quantitative estimate of drug-likeness (QED) is 0.567. The van der Waals surface area contributed by atoms with Crippen LogP contribution in [0.4, 0.5) is 0 Å². The van der Waals surface area contributed by atoms with Gasteiger partial charge in [-0.2, -0.15) is 0 Å². The van der Waals surface area contributed by atoms with E-state index in [9.17, 15) is 4.57 Å². The molecular formula is C17H25O4P. The van der Waals surface area contributed by atoms with Gasteiger partial charge in [-0.05, 0) is 60.5 Å². The fourth-order valence-corrected chi connectivity index (χ4v) is 3.46. The summed E-state index contributed by atoms with van der Waals surface area (Å²) in [6.45, 7) is 4.34. The fraction of sp³-hybridized carbons (Fsp3) is 0.647. The van der Waals surface area contributed by atoms with Crippen LogP contribution in [0.25, 0.3) is 0 Å². The third kappa shape index (κ3) is 3.73. The van der Waals surface area contributed by atoms with Crippen molar-refractivity contribution in [2.45, 2.75) is 51.4 Å². The number of benzene rings is 1. The normalized spacial score (nSPS) is 22.1. The SMILES string of the molecule is C[C@H](c1cccc([C@@H](C)C2CC2)c1OCO[PH](=O)O)C1CC1. The van der Waals surface area contributed by atoms with Gasteiger partial charge < -0.3 is 9.63 Å². The van der Waals surface area contributed by atoms with Gasteiger partial charge in [-0.25, -0.2) is 0 Å². The molecule has 1 unspecified atom stereocenters. The summed E-state index contributed by atoms with van der Waals surface area (Å²) in [7, 11) is -2.95. The first kappa shape index (κ1) is 16.0. The van der Waals surface area contributed by atoms with Crippen LogP contribution in [0.5, 0.6) is 5.75 Å². The third-order valence-corrected chi connectivity index (χ3v) is 5.47. The number of ether oxygens (including phenoxy) is 1. The molecule has 2 saturated carbocycles. The van der Waals surface area contributed by atoms with Crippen molar-refractivity contribution in [1.29, 1.82) is 0 Å². The first-order valence-corrected chi connectivity index (χ1v) is 9.45. The lowest BCUT2D eigenvalue weighted by Crippen LogP contribution is -2.09. The van der Waals surface area contributed by atoms with Crippen LogP contribution in [0.15, 0.2) is 18.2 Å². The lowest BCUT2D eigenvalue weighted by molar-refractivity contribution is 0.112. The Morgan fingerprint density at radius 3 is 2.05 bits per heavy atom. The molecule has 0 spiro atoms. The van der Waals surface area contributed by atoms with Crippen molar-refractivity contribution in [3.8, 4) is 5.75 Å². The van der Waals surface area contributed by atoms with Crippen LogP contribution in [0.3, 0.4) is 0 Å². The van der Waals surface area contributed by atoms with Gasteiger partial charge in [-0.3, -0.25) is 9.09 Å². The maximum absolute atomic E-state index is 10.7. The first-order valence-electron chi connectivity index (χ1n) is 8.19. The molecule has 1 aromatic rings. The molecule has 1 aromatic carbocycles. The van der Waals surface area contributed by atoms with Crippen LogP contribution >= 0.6 is 8.25 Å². The van der Waals surface area contributed by atoms with E-state index in [-0.39, 0.29) is 6.79 Å². The van der Waals surface area contributed by atoms with Gasteiger partial charge in [0, 0.05) is 0 Å². The van der Waals surface area contributed by atoms with E-state index in [1.807, 2.05) is 0 Å². The Kier molecular flexibility index (Phi) is 4.91. The van der Waals surface area contributed by atoms with E-state index < -0.39 is 8.25 Å². The van der Waals surface area contributed by atoms with E-state index in [2.05, 4.69) is 32.0 Å². The van der Waals surface area contributed by atoms with Crippen molar-refractivity contribution in [1.82, 2.24) is 0 Å². The largest absolute Gasteiger partial charge is 0.466 e. The molecule has 3 atom stereocenters. The van der Waals surface area contributed by atoms with Gasteiger partial charge in [-0.1, -0.05) is 32.0 Å². The van der Waals surface area contributed by atoms with Crippen molar-refractivity contribution in [3.05, 3.63) is 29.3 Å². The second kappa shape index (κ2) is 6.74. The Morgan fingerprint density at radius 2 is 1.64 bits per heavy atom. The molecule has 0 amide bonds. The smallest absolute Gasteiger partial charge is 0.319 e. The summed E-state index contributed by atoms with van der Waals surface area (Å²) in [5.74, 6) is 3.29. The molecule has 2 aliphatic rings. The Bertz CT molecular complexity index is 515. The maximum Gasteiger partial charge on any atom is 0.319 e. The van der Waals surface area contributed by atoms with Gasteiger partial charge in [-0.15, -0.1) is 0 Å². The summed E-state index contributed by atoms with van der Waals surface area (Å²) in [5, 5.41) is 0. The minimum Gasteiger partial charge on any atom is -0.466 e. The molecule has 0 aromatic heterocycles. The van der Waals surface area contributed by atoms with E-state index in [4.69, 9.17) is 14.2 Å². The zero-order valence-corrected chi connectivity index (χ0v) is 14.2. The van der Waals surface area contributed by atoms with Crippen LogP contribution in [-0.4, -0.2) is 11.7 Å². The molecule has 2 fully saturated rings. The molecule has 0 saturated heterocycles. The second-order valence-corrected chi connectivity index (χ2v) is 7.51. The average Bonchev–Trinajstić information content (AvgIpc) is 3.38. The number of rotatable bonds is 8. The number of hydrogen-bond acceptors (Lipinski definition) is 3. The Labute approximate surface area is 132 Å². The average molecular weight is 324 g/mol. The zero-order valence-electron chi connectivity index (χ0n) is 13.2. The minimum atomic E-state index is -2.95. The third-order valence-electron chi connectivity index (χ3n) is 5.10. The lowest BCUT2D eigenvalue weighted by Gasteiger charge is -2.22. The van der Waals surface area contributed by atoms with Gasteiger partial charge >= 0.3 is 8.25 Å². The Balaban J connectivity index is 1.86. The number of para-hydroxylation sites is 1. The molecule has 3 rings (SSSR count). The van der Waals surface area contributed by atoms with Crippen LogP contribution < -0.4 is 4.74 Å². The molecule has 4 nitrogen and oxygen atoms in total.